The molecule has 1 heterocycles. The Morgan fingerprint density at radius 3 is 2.89 bits per heavy atom. The van der Waals surface area contributed by atoms with Crippen molar-refractivity contribution in [2.45, 2.75) is 26.2 Å². The van der Waals surface area contributed by atoms with Gasteiger partial charge in [0.15, 0.2) is 0 Å². The van der Waals surface area contributed by atoms with Crippen LogP contribution >= 0.6 is 0 Å². The second-order valence-electron chi connectivity index (χ2n) is 3.97. The second-order valence-corrected chi connectivity index (χ2v) is 3.97. The zero-order valence-corrected chi connectivity index (χ0v) is 10.7. The lowest BCUT2D eigenvalue weighted by Gasteiger charge is -2.13. The summed E-state index contributed by atoms with van der Waals surface area (Å²) in [5, 5.41) is 0. The maximum Gasteiger partial charge on any atom is 0.145 e. The summed E-state index contributed by atoms with van der Waals surface area (Å²) in [4.78, 5) is 3.93. The van der Waals surface area contributed by atoms with Gasteiger partial charge in [-0.25, -0.2) is 8.78 Å². The molecule has 0 aromatic carbocycles. The molecule has 0 N–H and O–H groups in total. The maximum atomic E-state index is 13.7. The van der Waals surface area contributed by atoms with Crippen LogP contribution in [-0.4, -0.2) is 4.98 Å². The molecule has 1 nitrogen and oxygen atoms in total. The van der Waals surface area contributed by atoms with E-state index in [1.165, 1.54) is 24.4 Å². The van der Waals surface area contributed by atoms with E-state index in [-0.39, 0.29) is 11.3 Å². The molecule has 3 heteroatoms. The Balaban J connectivity index is 2.88. The average molecular weight is 249 g/mol. The molecule has 1 aromatic rings. The Bertz CT molecular complexity index is 475. The van der Waals surface area contributed by atoms with Crippen LogP contribution in [0.15, 0.2) is 54.5 Å². The number of hydrogen-bond donors (Lipinski definition) is 0. The molecule has 0 spiro atoms. The lowest BCUT2D eigenvalue weighted by atomic mass is 9.96. The predicted molar refractivity (Wildman–Crippen MR) is 70.4 cm³/mol. The molecule has 18 heavy (non-hydrogen) atoms. The quantitative estimate of drug-likeness (QED) is 0.689. The highest BCUT2D eigenvalue weighted by molar-refractivity contribution is 5.34. The highest BCUT2D eigenvalue weighted by Crippen LogP contribution is 2.28. The Morgan fingerprint density at radius 2 is 2.28 bits per heavy atom. The van der Waals surface area contributed by atoms with Crippen molar-refractivity contribution in [3.63, 3.8) is 0 Å². The first-order chi connectivity index (χ1) is 8.57. The predicted octanol–water partition coefficient (Wildman–Crippen LogP) is 4.70. The van der Waals surface area contributed by atoms with Gasteiger partial charge in [0.1, 0.15) is 11.6 Å². The smallest absolute Gasteiger partial charge is 0.145 e. The molecule has 0 saturated heterocycles. The summed E-state index contributed by atoms with van der Waals surface area (Å²) < 4.78 is 27.3. The monoisotopic (exact) mass is 249 g/mol. The van der Waals surface area contributed by atoms with Gasteiger partial charge in [0, 0.05) is 12.1 Å². The van der Waals surface area contributed by atoms with Gasteiger partial charge < -0.3 is 0 Å². The number of halogens is 2. The van der Waals surface area contributed by atoms with Crippen molar-refractivity contribution in [2.24, 2.45) is 0 Å². The topological polar surface area (TPSA) is 12.9 Å². The number of allylic oxidation sites excluding steroid dienone is 5. The van der Waals surface area contributed by atoms with E-state index in [0.29, 0.717) is 0 Å². The van der Waals surface area contributed by atoms with Crippen LogP contribution in [0.1, 0.15) is 31.9 Å². The molecular weight excluding hydrogens is 232 g/mol. The van der Waals surface area contributed by atoms with Crippen LogP contribution in [0.3, 0.4) is 0 Å². The Hall–Kier alpha value is -1.77. The van der Waals surface area contributed by atoms with Crippen molar-refractivity contribution in [2.75, 3.05) is 0 Å². The van der Waals surface area contributed by atoms with Crippen LogP contribution in [0.25, 0.3) is 0 Å². The summed E-state index contributed by atoms with van der Waals surface area (Å²) in [5.74, 6) is -1.38. The third-order valence-electron chi connectivity index (χ3n) is 2.64. The number of pyridine rings is 1. The first kappa shape index (κ1) is 14.3. The molecule has 0 aliphatic rings. The number of aromatic nitrogens is 1. The first-order valence-corrected chi connectivity index (χ1v) is 5.89. The largest absolute Gasteiger partial charge is 0.258 e. The van der Waals surface area contributed by atoms with Crippen molar-refractivity contribution in [1.82, 2.24) is 4.98 Å². The van der Waals surface area contributed by atoms with Crippen LogP contribution in [0, 0.1) is 5.82 Å². The van der Waals surface area contributed by atoms with Gasteiger partial charge >= 0.3 is 0 Å². The normalized spacial score (nSPS) is 13.9. The van der Waals surface area contributed by atoms with Crippen LogP contribution < -0.4 is 0 Å². The molecule has 96 valence electrons. The standard InChI is InChI=1S/C15H17F2N/c1-4-5-6-8-13(16)11(2)12(3)15-14(17)9-7-10-18-15/h5-10,12H,2,4H2,1,3H3/b6-5-,13-8+. The van der Waals surface area contributed by atoms with E-state index >= 15 is 0 Å². The van der Waals surface area contributed by atoms with E-state index in [0.717, 1.165) is 6.42 Å². The summed E-state index contributed by atoms with van der Waals surface area (Å²) in [6, 6.07) is 2.81. The molecule has 1 rings (SSSR count). The van der Waals surface area contributed by atoms with Crippen molar-refractivity contribution >= 4 is 0 Å². The van der Waals surface area contributed by atoms with Crippen LogP contribution in [0.4, 0.5) is 8.78 Å². The molecule has 0 saturated carbocycles. The van der Waals surface area contributed by atoms with Crippen molar-refractivity contribution < 1.29 is 8.78 Å². The third-order valence-corrected chi connectivity index (χ3v) is 2.64. The summed E-state index contributed by atoms with van der Waals surface area (Å²) in [6.07, 6.45) is 7.12. The van der Waals surface area contributed by atoms with Crippen molar-refractivity contribution in [3.05, 3.63) is 66.0 Å². The van der Waals surface area contributed by atoms with Gasteiger partial charge in [-0.1, -0.05) is 32.6 Å². The molecule has 0 bridgehead atoms. The zero-order valence-electron chi connectivity index (χ0n) is 10.7. The summed E-state index contributed by atoms with van der Waals surface area (Å²) >= 11 is 0. The van der Waals surface area contributed by atoms with E-state index < -0.39 is 17.6 Å². The fourth-order valence-electron chi connectivity index (χ4n) is 1.48. The first-order valence-electron chi connectivity index (χ1n) is 5.89. The number of nitrogens with zero attached hydrogens (tertiary/aromatic N) is 1. The Morgan fingerprint density at radius 1 is 1.56 bits per heavy atom. The summed E-state index contributed by atoms with van der Waals surface area (Å²) in [5.41, 5.74) is 0.443. The van der Waals surface area contributed by atoms with Crippen LogP contribution in [0.5, 0.6) is 0 Å². The Kier molecular flexibility index (Phi) is 5.43. The summed E-state index contributed by atoms with van der Waals surface area (Å²) in [6.45, 7) is 7.31. The maximum absolute atomic E-state index is 13.7. The van der Waals surface area contributed by atoms with E-state index in [1.807, 2.05) is 13.0 Å². The third kappa shape index (κ3) is 3.62. The molecule has 1 unspecified atom stereocenters. The molecule has 0 aliphatic heterocycles. The van der Waals surface area contributed by atoms with Crippen LogP contribution in [0.2, 0.25) is 0 Å². The van der Waals surface area contributed by atoms with E-state index in [9.17, 15) is 8.78 Å². The lowest BCUT2D eigenvalue weighted by molar-refractivity contribution is 0.577. The van der Waals surface area contributed by atoms with Crippen LogP contribution in [-0.2, 0) is 0 Å². The minimum atomic E-state index is -0.488. The fraction of sp³-hybridized carbons (Fsp3) is 0.267. The zero-order chi connectivity index (χ0) is 13.5. The van der Waals surface area contributed by atoms with Gasteiger partial charge in [0.05, 0.1) is 5.69 Å². The molecule has 1 aromatic heterocycles. The molecular formula is C15H17F2N. The van der Waals surface area contributed by atoms with Gasteiger partial charge in [-0.2, -0.15) is 0 Å². The van der Waals surface area contributed by atoms with Gasteiger partial charge in [0.25, 0.3) is 0 Å². The molecule has 0 aliphatic carbocycles. The highest BCUT2D eigenvalue weighted by atomic mass is 19.1. The van der Waals surface area contributed by atoms with E-state index in [4.69, 9.17) is 0 Å². The molecule has 1 atom stereocenters. The van der Waals surface area contributed by atoms with Gasteiger partial charge in [0.2, 0.25) is 0 Å². The van der Waals surface area contributed by atoms with E-state index in [2.05, 4.69) is 11.6 Å². The number of hydrogen-bond acceptors (Lipinski definition) is 1. The van der Waals surface area contributed by atoms with Crippen molar-refractivity contribution in [1.29, 1.82) is 0 Å². The van der Waals surface area contributed by atoms with Gasteiger partial charge in [-0.15, -0.1) is 0 Å². The highest BCUT2D eigenvalue weighted by Gasteiger charge is 2.17. The minimum absolute atomic E-state index is 0.213. The average Bonchev–Trinajstić information content (AvgIpc) is 2.38. The SMILES string of the molecule is C=C(/C(F)=C\C=C/CC)C(C)c1ncccc1F. The van der Waals surface area contributed by atoms with Gasteiger partial charge in [-0.05, 0) is 30.2 Å². The van der Waals surface area contributed by atoms with E-state index in [1.54, 1.807) is 13.0 Å². The number of rotatable bonds is 5. The molecule has 0 fully saturated rings. The minimum Gasteiger partial charge on any atom is -0.258 e. The summed E-state index contributed by atoms with van der Waals surface area (Å²) in [7, 11) is 0. The second kappa shape index (κ2) is 6.84. The Labute approximate surface area is 107 Å². The molecule has 0 amide bonds. The fourth-order valence-corrected chi connectivity index (χ4v) is 1.48. The van der Waals surface area contributed by atoms with Gasteiger partial charge in [-0.3, -0.25) is 4.98 Å². The molecule has 0 radical (unpaired) electrons. The van der Waals surface area contributed by atoms with Crippen molar-refractivity contribution in [3.8, 4) is 0 Å². The lowest BCUT2D eigenvalue weighted by Crippen LogP contribution is -2.03.